The molecule has 0 fully saturated rings. The van der Waals surface area contributed by atoms with Crippen LogP contribution in [-0.2, 0) is 9.84 Å². The summed E-state index contributed by atoms with van der Waals surface area (Å²) in [6.45, 7) is 4.00. The van der Waals surface area contributed by atoms with Gasteiger partial charge in [-0.3, -0.25) is 0 Å². The number of rotatable bonds is 6. The van der Waals surface area contributed by atoms with Crippen molar-refractivity contribution in [1.29, 1.82) is 0 Å². The van der Waals surface area contributed by atoms with E-state index in [1.165, 1.54) is 6.26 Å². The summed E-state index contributed by atoms with van der Waals surface area (Å²) in [6, 6.07) is 13.8. The van der Waals surface area contributed by atoms with E-state index in [9.17, 15) is 8.42 Å². The Morgan fingerprint density at radius 2 is 1.72 bits per heavy atom. The highest BCUT2D eigenvalue weighted by atomic mass is 32.2. The maximum atomic E-state index is 11.8. The van der Waals surface area contributed by atoms with E-state index >= 15 is 0 Å². The lowest BCUT2D eigenvalue weighted by molar-refractivity contribution is 0.602. The molecule has 0 aliphatic carbocycles. The van der Waals surface area contributed by atoms with E-state index in [4.69, 9.17) is 6.42 Å². The molecule has 7 nitrogen and oxygen atoms in total. The first-order chi connectivity index (χ1) is 13.7. The Morgan fingerprint density at radius 1 is 1.00 bits per heavy atom. The van der Waals surface area contributed by atoms with Gasteiger partial charge in [-0.05, 0) is 44.2 Å². The Bertz CT molecular complexity index is 1180. The molecule has 2 heterocycles. The van der Waals surface area contributed by atoms with E-state index in [2.05, 4.69) is 31.5 Å². The minimum absolute atomic E-state index is 0.157. The number of pyridine rings is 1. The van der Waals surface area contributed by atoms with E-state index in [1.54, 1.807) is 48.5 Å². The van der Waals surface area contributed by atoms with Crippen LogP contribution in [0.3, 0.4) is 0 Å². The quantitative estimate of drug-likeness (QED) is 0.604. The summed E-state index contributed by atoms with van der Waals surface area (Å²) >= 11 is 0. The average molecular weight is 407 g/mol. The monoisotopic (exact) mass is 407 g/mol. The minimum Gasteiger partial charge on any atom is -0.368 e. The van der Waals surface area contributed by atoms with Crippen molar-refractivity contribution in [1.82, 2.24) is 15.0 Å². The van der Waals surface area contributed by atoms with Gasteiger partial charge in [0.25, 0.3) is 0 Å². The molecule has 0 aliphatic heterocycles. The maximum absolute atomic E-state index is 11.8. The number of nitrogens with zero attached hydrogens (tertiary/aromatic N) is 3. The highest BCUT2D eigenvalue weighted by molar-refractivity contribution is 7.90. The lowest BCUT2D eigenvalue weighted by atomic mass is 10.3. The lowest BCUT2D eigenvalue weighted by Crippen LogP contribution is -2.12. The first-order valence-corrected chi connectivity index (χ1v) is 10.8. The zero-order valence-corrected chi connectivity index (χ0v) is 17.2. The molecule has 1 aromatic carbocycles. The van der Waals surface area contributed by atoms with Gasteiger partial charge in [-0.25, -0.2) is 23.4 Å². The number of aromatic nitrogens is 3. The summed E-state index contributed by atoms with van der Waals surface area (Å²) in [4.78, 5) is 13.7. The average Bonchev–Trinajstić information content (AvgIpc) is 2.67. The zero-order valence-electron chi connectivity index (χ0n) is 16.3. The number of hydrogen-bond donors (Lipinski definition) is 2. The smallest absolute Gasteiger partial charge is 0.182 e. The van der Waals surface area contributed by atoms with Crippen LogP contribution < -0.4 is 10.6 Å². The van der Waals surface area contributed by atoms with Gasteiger partial charge < -0.3 is 10.6 Å². The fourth-order valence-corrected chi connectivity index (χ4v) is 3.25. The number of benzene rings is 1. The molecule has 0 bridgehead atoms. The third-order valence-electron chi connectivity index (χ3n) is 3.82. The van der Waals surface area contributed by atoms with E-state index in [0.717, 1.165) is 0 Å². The van der Waals surface area contributed by atoms with Crippen LogP contribution in [0.25, 0.3) is 11.5 Å². The molecular formula is C21H21N5O2S. The van der Waals surface area contributed by atoms with Crippen molar-refractivity contribution in [3.05, 3.63) is 54.2 Å². The van der Waals surface area contributed by atoms with E-state index < -0.39 is 9.84 Å². The van der Waals surface area contributed by atoms with Crippen molar-refractivity contribution >= 4 is 27.2 Å². The van der Waals surface area contributed by atoms with Crippen molar-refractivity contribution in [3.8, 4) is 23.9 Å². The van der Waals surface area contributed by atoms with Gasteiger partial charge in [0.1, 0.15) is 23.0 Å². The second kappa shape index (κ2) is 8.29. The largest absolute Gasteiger partial charge is 0.368 e. The van der Waals surface area contributed by atoms with Crippen LogP contribution >= 0.6 is 0 Å². The number of sulfone groups is 1. The number of nitrogens with one attached hydrogen (secondary N) is 2. The molecule has 0 unspecified atom stereocenters. The van der Waals surface area contributed by atoms with Gasteiger partial charge in [-0.1, -0.05) is 18.1 Å². The molecule has 0 radical (unpaired) electrons. The van der Waals surface area contributed by atoms with Gasteiger partial charge in [0.05, 0.1) is 4.90 Å². The Hall–Kier alpha value is -3.44. The highest BCUT2D eigenvalue weighted by Gasteiger charge is 2.12. The topological polar surface area (TPSA) is 96.9 Å². The fourth-order valence-electron chi connectivity index (χ4n) is 2.59. The van der Waals surface area contributed by atoms with Crippen LogP contribution in [0.2, 0.25) is 0 Å². The van der Waals surface area contributed by atoms with Crippen LogP contribution in [-0.4, -0.2) is 35.7 Å². The third-order valence-corrected chi connectivity index (χ3v) is 4.93. The summed E-state index contributed by atoms with van der Waals surface area (Å²) in [5.74, 6) is 4.01. The molecule has 0 aliphatic rings. The highest BCUT2D eigenvalue weighted by Crippen LogP contribution is 2.24. The van der Waals surface area contributed by atoms with Gasteiger partial charge in [-0.2, -0.15) is 0 Å². The number of anilines is 3. The first kappa shape index (κ1) is 20.3. The van der Waals surface area contributed by atoms with Crippen molar-refractivity contribution in [2.24, 2.45) is 0 Å². The summed E-state index contributed by atoms with van der Waals surface area (Å²) < 4.78 is 23.6. The Balaban J connectivity index is 2.03. The molecule has 8 heteroatoms. The van der Waals surface area contributed by atoms with Crippen molar-refractivity contribution in [2.45, 2.75) is 24.8 Å². The first-order valence-electron chi connectivity index (χ1n) is 8.91. The molecule has 2 N–H and O–H groups in total. The molecule has 0 saturated heterocycles. The molecule has 0 amide bonds. The van der Waals surface area contributed by atoms with Crippen molar-refractivity contribution < 1.29 is 8.42 Å². The predicted molar refractivity (Wildman–Crippen MR) is 115 cm³/mol. The molecule has 148 valence electrons. The molecule has 0 saturated carbocycles. The SMILES string of the molecule is C#Cc1cccc(-c2nc(Nc3cccc(S(C)(=O)=O)c3)cc(NC(C)C)n2)n1. The standard InChI is InChI=1S/C21H21N5O2S/c1-5-15-8-7-11-18(23-15)21-25-19(22-14(2)3)13-20(26-21)24-16-9-6-10-17(12-16)29(4,27)28/h1,6-14H,2-4H3,(H2,22,24,25,26). The van der Waals surface area contributed by atoms with Crippen molar-refractivity contribution in [2.75, 3.05) is 16.9 Å². The zero-order chi connectivity index (χ0) is 21.0. The van der Waals surface area contributed by atoms with Crippen LogP contribution in [0.4, 0.5) is 17.3 Å². The Labute approximate surface area is 170 Å². The van der Waals surface area contributed by atoms with E-state index in [0.29, 0.717) is 34.5 Å². The second-order valence-corrected chi connectivity index (χ2v) is 8.75. The summed E-state index contributed by atoms with van der Waals surface area (Å²) in [6.07, 6.45) is 6.62. The fraction of sp³-hybridized carbons (Fsp3) is 0.190. The van der Waals surface area contributed by atoms with E-state index in [1.807, 2.05) is 13.8 Å². The second-order valence-electron chi connectivity index (χ2n) is 6.74. The summed E-state index contributed by atoms with van der Waals surface area (Å²) in [7, 11) is -3.31. The number of terminal acetylenes is 1. The summed E-state index contributed by atoms with van der Waals surface area (Å²) in [5, 5.41) is 6.40. The van der Waals surface area contributed by atoms with Crippen LogP contribution in [0.15, 0.2) is 53.4 Å². The summed E-state index contributed by atoms with van der Waals surface area (Å²) in [5.41, 5.74) is 1.63. The van der Waals surface area contributed by atoms with Crippen LogP contribution in [0.1, 0.15) is 19.5 Å². The molecular weight excluding hydrogens is 386 g/mol. The number of hydrogen-bond acceptors (Lipinski definition) is 7. The van der Waals surface area contributed by atoms with Gasteiger partial charge in [0.2, 0.25) is 0 Å². The molecule has 2 aromatic heterocycles. The van der Waals surface area contributed by atoms with Crippen LogP contribution in [0.5, 0.6) is 0 Å². The van der Waals surface area contributed by atoms with Crippen molar-refractivity contribution in [3.63, 3.8) is 0 Å². The molecule has 3 rings (SSSR count). The van der Waals surface area contributed by atoms with Gasteiger partial charge in [0.15, 0.2) is 15.7 Å². The molecule has 29 heavy (non-hydrogen) atoms. The Morgan fingerprint density at radius 3 is 2.41 bits per heavy atom. The van der Waals surface area contributed by atoms with Gasteiger partial charge in [0, 0.05) is 24.1 Å². The van der Waals surface area contributed by atoms with Gasteiger partial charge >= 0.3 is 0 Å². The molecule has 0 spiro atoms. The predicted octanol–water partition coefficient (Wildman–Crippen LogP) is 3.49. The lowest BCUT2D eigenvalue weighted by Gasteiger charge is -2.13. The normalized spacial score (nSPS) is 11.1. The Kier molecular flexibility index (Phi) is 5.80. The minimum atomic E-state index is -3.31. The van der Waals surface area contributed by atoms with Gasteiger partial charge in [-0.15, -0.1) is 6.42 Å². The molecule has 3 aromatic rings. The maximum Gasteiger partial charge on any atom is 0.182 e. The third kappa shape index (κ3) is 5.30. The molecule has 0 atom stereocenters. The van der Waals surface area contributed by atoms with E-state index in [-0.39, 0.29) is 10.9 Å². The van der Waals surface area contributed by atoms with Crippen LogP contribution in [0, 0.1) is 12.3 Å².